The minimum atomic E-state index is 0.303. The first-order chi connectivity index (χ1) is 7.27. The van der Waals surface area contributed by atoms with Gasteiger partial charge >= 0.3 is 0 Å². The van der Waals surface area contributed by atoms with Gasteiger partial charge in [-0.25, -0.2) is 0 Å². The van der Waals surface area contributed by atoms with Crippen LogP contribution in [0.2, 0.25) is 0 Å². The van der Waals surface area contributed by atoms with E-state index >= 15 is 0 Å². The van der Waals surface area contributed by atoms with Crippen molar-refractivity contribution in [2.45, 2.75) is 39.3 Å². The van der Waals surface area contributed by atoms with Crippen LogP contribution in [-0.4, -0.2) is 22.1 Å². The molecule has 1 aromatic heterocycles. The van der Waals surface area contributed by atoms with Crippen LogP contribution in [-0.2, 0) is 13.0 Å². The fourth-order valence-corrected chi connectivity index (χ4v) is 2.19. The highest BCUT2D eigenvalue weighted by Gasteiger charge is 2.05. The third kappa shape index (κ3) is 4.31. The lowest BCUT2D eigenvalue weighted by Crippen LogP contribution is -2.23. The molecule has 1 atom stereocenters. The maximum atomic E-state index is 5.97. The highest BCUT2D eigenvalue weighted by atomic mass is 32.2. The molecule has 0 aliphatic heterocycles. The van der Waals surface area contributed by atoms with Gasteiger partial charge in [0.1, 0.15) is 0 Å². The van der Waals surface area contributed by atoms with Crippen LogP contribution in [0.25, 0.3) is 0 Å². The quantitative estimate of drug-likeness (QED) is 0.724. The predicted molar refractivity (Wildman–Crippen MR) is 69.4 cm³/mol. The molecule has 2 N–H and O–H groups in total. The van der Waals surface area contributed by atoms with Gasteiger partial charge in [-0.05, 0) is 24.3 Å². The average molecular weight is 226 g/mol. The summed E-state index contributed by atoms with van der Waals surface area (Å²) in [6, 6.07) is 4.61. The van der Waals surface area contributed by atoms with Crippen molar-refractivity contribution in [2.75, 3.05) is 11.5 Å². The molecule has 0 bridgehead atoms. The number of nitrogens with zero attached hydrogens (tertiary/aromatic N) is 1. The molecule has 86 valence electrons. The molecule has 1 heterocycles. The van der Waals surface area contributed by atoms with E-state index in [1.807, 2.05) is 11.8 Å². The highest BCUT2D eigenvalue weighted by molar-refractivity contribution is 7.99. The topological polar surface area (TPSA) is 30.9 Å². The standard InChI is InChI=1S/C12H22N2S/c1-3-11(13)10-12-6-5-7-14(12)8-9-15-4-2/h5-7,11H,3-4,8-10,13H2,1-2H3. The van der Waals surface area contributed by atoms with Crippen molar-refractivity contribution in [2.24, 2.45) is 5.73 Å². The molecule has 1 rings (SSSR count). The minimum Gasteiger partial charge on any atom is -0.351 e. The Bertz CT molecular complexity index is 270. The zero-order valence-corrected chi connectivity index (χ0v) is 10.6. The van der Waals surface area contributed by atoms with Gasteiger partial charge in [-0.15, -0.1) is 0 Å². The lowest BCUT2D eigenvalue weighted by Gasteiger charge is -2.12. The van der Waals surface area contributed by atoms with Crippen molar-refractivity contribution in [3.05, 3.63) is 24.0 Å². The molecule has 0 fully saturated rings. The summed E-state index contributed by atoms with van der Waals surface area (Å²) < 4.78 is 2.33. The van der Waals surface area contributed by atoms with Gasteiger partial charge in [0.2, 0.25) is 0 Å². The molecule has 0 aromatic carbocycles. The van der Waals surface area contributed by atoms with Gasteiger partial charge in [0.05, 0.1) is 0 Å². The van der Waals surface area contributed by atoms with Gasteiger partial charge < -0.3 is 10.3 Å². The third-order valence-corrected chi connectivity index (χ3v) is 3.48. The Morgan fingerprint density at radius 1 is 1.47 bits per heavy atom. The van der Waals surface area contributed by atoms with Crippen LogP contribution in [0.15, 0.2) is 18.3 Å². The molecular formula is C12H22N2S. The molecule has 3 heteroatoms. The summed E-state index contributed by atoms with van der Waals surface area (Å²) in [5.74, 6) is 2.39. The molecule has 0 amide bonds. The van der Waals surface area contributed by atoms with E-state index in [4.69, 9.17) is 5.73 Å². The first kappa shape index (κ1) is 12.7. The van der Waals surface area contributed by atoms with Gasteiger partial charge in [0.25, 0.3) is 0 Å². The second-order valence-corrected chi connectivity index (χ2v) is 5.16. The van der Waals surface area contributed by atoms with Crippen LogP contribution < -0.4 is 5.73 Å². The van der Waals surface area contributed by atoms with E-state index < -0.39 is 0 Å². The fraction of sp³-hybridized carbons (Fsp3) is 0.667. The SMILES string of the molecule is CCSCCn1cccc1CC(N)CC. The van der Waals surface area contributed by atoms with Crippen molar-refractivity contribution >= 4 is 11.8 Å². The fourth-order valence-electron chi connectivity index (χ4n) is 1.57. The summed E-state index contributed by atoms with van der Waals surface area (Å²) in [7, 11) is 0. The van der Waals surface area contributed by atoms with Crippen molar-refractivity contribution in [3.8, 4) is 0 Å². The van der Waals surface area contributed by atoms with Crippen LogP contribution in [0.5, 0.6) is 0 Å². The Labute approximate surface area is 97.2 Å². The van der Waals surface area contributed by atoms with Crippen molar-refractivity contribution in [1.29, 1.82) is 0 Å². The maximum Gasteiger partial charge on any atom is 0.0313 e. The van der Waals surface area contributed by atoms with Crippen LogP contribution in [0, 0.1) is 0 Å². The number of thioether (sulfide) groups is 1. The van der Waals surface area contributed by atoms with Gasteiger partial charge in [0, 0.05) is 36.7 Å². The van der Waals surface area contributed by atoms with Crippen molar-refractivity contribution in [1.82, 2.24) is 4.57 Å². The van der Waals surface area contributed by atoms with E-state index in [0.717, 1.165) is 19.4 Å². The van der Waals surface area contributed by atoms with Gasteiger partial charge in [-0.1, -0.05) is 13.8 Å². The molecule has 1 aromatic rings. The van der Waals surface area contributed by atoms with E-state index in [9.17, 15) is 0 Å². The number of hydrogen-bond donors (Lipinski definition) is 1. The van der Waals surface area contributed by atoms with Crippen LogP contribution in [0.4, 0.5) is 0 Å². The summed E-state index contributed by atoms with van der Waals surface area (Å²) in [4.78, 5) is 0. The zero-order valence-electron chi connectivity index (χ0n) is 9.78. The summed E-state index contributed by atoms with van der Waals surface area (Å²) in [6.07, 6.45) is 4.21. The molecule has 2 nitrogen and oxygen atoms in total. The van der Waals surface area contributed by atoms with E-state index in [2.05, 4.69) is 36.7 Å². The van der Waals surface area contributed by atoms with Crippen molar-refractivity contribution in [3.63, 3.8) is 0 Å². The number of hydrogen-bond acceptors (Lipinski definition) is 2. The minimum absolute atomic E-state index is 0.303. The smallest absolute Gasteiger partial charge is 0.0313 e. The Hall–Kier alpha value is -0.410. The Morgan fingerprint density at radius 3 is 2.93 bits per heavy atom. The molecule has 0 saturated heterocycles. The number of nitrogens with two attached hydrogens (primary N) is 1. The zero-order chi connectivity index (χ0) is 11.1. The predicted octanol–water partition coefficient (Wildman–Crippen LogP) is 2.52. The van der Waals surface area contributed by atoms with E-state index in [0.29, 0.717) is 6.04 Å². The third-order valence-electron chi connectivity index (χ3n) is 2.60. The number of aryl methyl sites for hydroxylation is 1. The first-order valence-corrected chi connectivity index (χ1v) is 6.90. The Morgan fingerprint density at radius 2 is 2.27 bits per heavy atom. The lowest BCUT2D eigenvalue weighted by atomic mass is 10.1. The Kier molecular flexibility index (Phi) is 5.88. The van der Waals surface area contributed by atoms with E-state index in [1.54, 1.807) is 0 Å². The summed E-state index contributed by atoms with van der Waals surface area (Å²) >= 11 is 1.99. The van der Waals surface area contributed by atoms with Crippen LogP contribution >= 0.6 is 11.8 Å². The summed E-state index contributed by atoms with van der Waals surface area (Å²) in [6.45, 7) is 5.45. The van der Waals surface area contributed by atoms with Crippen LogP contribution in [0.3, 0.4) is 0 Å². The first-order valence-electron chi connectivity index (χ1n) is 5.75. The molecule has 0 saturated carbocycles. The van der Waals surface area contributed by atoms with Crippen LogP contribution in [0.1, 0.15) is 26.0 Å². The monoisotopic (exact) mass is 226 g/mol. The summed E-state index contributed by atoms with van der Waals surface area (Å²) in [5.41, 5.74) is 7.35. The van der Waals surface area contributed by atoms with Gasteiger partial charge in [-0.2, -0.15) is 11.8 Å². The maximum absolute atomic E-state index is 5.97. The molecule has 0 radical (unpaired) electrons. The second-order valence-electron chi connectivity index (χ2n) is 3.76. The molecule has 0 spiro atoms. The number of aromatic nitrogens is 1. The second kappa shape index (κ2) is 6.96. The van der Waals surface area contributed by atoms with Gasteiger partial charge in [-0.3, -0.25) is 0 Å². The lowest BCUT2D eigenvalue weighted by molar-refractivity contribution is 0.606. The number of rotatable bonds is 7. The molecule has 1 unspecified atom stereocenters. The molecule has 0 aliphatic carbocycles. The normalized spacial score (nSPS) is 13.0. The van der Waals surface area contributed by atoms with Gasteiger partial charge in [0.15, 0.2) is 0 Å². The van der Waals surface area contributed by atoms with E-state index in [1.165, 1.54) is 17.2 Å². The largest absolute Gasteiger partial charge is 0.351 e. The van der Waals surface area contributed by atoms with E-state index in [-0.39, 0.29) is 0 Å². The molecule has 15 heavy (non-hydrogen) atoms. The highest BCUT2D eigenvalue weighted by Crippen LogP contribution is 2.08. The molecule has 0 aliphatic rings. The average Bonchev–Trinajstić information content (AvgIpc) is 2.66. The summed E-state index contributed by atoms with van der Waals surface area (Å²) in [5, 5.41) is 0. The Balaban J connectivity index is 2.45. The molecular weight excluding hydrogens is 204 g/mol. The van der Waals surface area contributed by atoms with Crippen molar-refractivity contribution < 1.29 is 0 Å².